The minimum absolute atomic E-state index is 0.0228. The molecule has 1 aliphatic rings. The van der Waals surface area contributed by atoms with E-state index in [9.17, 15) is 32.0 Å². The Kier molecular flexibility index (Phi) is 7.29. The number of amides is 1. The smallest absolute Gasteiger partial charge is 0.368 e. The van der Waals surface area contributed by atoms with Gasteiger partial charge in [0.25, 0.3) is 0 Å². The van der Waals surface area contributed by atoms with Crippen molar-refractivity contribution >= 4 is 17.7 Å². The van der Waals surface area contributed by atoms with Crippen molar-refractivity contribution in [1.29, 1.82) is 5.26 Å². The molecule has 1 aliphatic carbocycles. The molecule has 0 aromatic heterocycles. The van der Waals surface area contributed by atoms with Gasteiger partial charge in [-0.25, -0.2) is 8.78 Å². The van der Waals surface area contributed by atoms with Gasteiger partial charge in [0.15, 0.2) is 0 Å². The number of hydrogen-bond donors (Lipinski definition) is 1. The molecule has 182 valence electrons. The van der Waals surface area contributed by atoms with Crippen LogP contribution in [0.25, 0.3) is 11.1 Å². The fourth-order valence-electron chi connectivity index (χ4n) is 4.10. The topological polar surface area (TPSA) is 70.1 Å². The lowest BCUT2D eigenvalue weighted by molar-refractivity contribution is -0.202. The van der Waals surface area contributed by atoms with Crippen molar-refractivity contribution in [3.8, 4) is 17.2 Å². The number of carbonyl (C=O) groups is 1. The molecule has 0 radical (unpaired) electrons. The molecular formula is C24H24F5N3OS. The summed E-state index contributed by atoms with van der Waals surface area (Å²) in [6.45, 7) is 0.507. The maximum atomic E-state index is 14.4. The Morgan fingerprint density at radius 3 is 1.94 bits per heavy atom. The number of hydrogen-bond acceptors (Lipinski definition) is 4. The summed E-state index contributed by atoms with van der Waals surface area (Å²) in [4.78, 5) is 13.7. The second-order valence-corrected chi connectivity index (χ2v) is 9.42. The molecule has 1 amide bonds. The highest BCUT2D eigenvalue weighted by Gasteiger charge is 2.61. The monoisotopic (exact) mass is 497 g/mol. The number of alkyl halides is 5. The Morgan fingerprint density at radius 1 is 1.09 bits per heavy atom. The molecule has 4 nitrogen and oxygen atoms in total. The Morgan fingerprint density at radius 2 is 1.59 bits per heavy atom. The standard InChI is InChI=1S/C24H24F5N3OS/c1-22(25,26)13-19(21(31)33)32(23(14-30)11-12-23)20(24(27,28)29)17-5-3-15(4-6-17)16-7-9-18(34-2)10-8-16/h3-10,19-20H,11-13H2,1-2H3,(H2,31,33)/t19-,20-/m0/s1. The van der Waals surface area contributed by atoms with E-state index < -0.39 is 42.0 Å². The molecule has 0 heterocycles. The minimum atomic E-state index is -4.95. The van der Waals surface area contributed by atoms with Crippen LogP contribution in [0, 0.1) is 11.3 Å². The zero-order valence-electron chi connectivity index (χ0n) is 18.6. The summed E-state index contributed by atoms with van der Waals surface area (Å²) in [5.74, 6) is -4.80. The van der Waals surface area contributed by atoms with E-state index in [1.54, 1.807) is 11.8 Å². The molecular weight excluding hydrogens is 473 g/mol. The van der Waals surface area contributed by atoms with Gasteiger partial charge in [-0.2, -0.15) is 18.4 Å². The largest absolute Gasteiger partial charge is 0.408 e. The van der Waals surface area contributed by atoms with Gasteiger partial charge in [-0.1, -0.05) is 36.4 Å². The fourth-order valence-corrected chi connectivity index (χ4v) is 4.50. The number of nitriles is 1. The van der Waals surface area contributed by atoms with Crippen LogP contribution in [0.2, 0.25) is 0 Å². The first-order valence-electron chi connectivity index (χ1n) is 10.5. The van der Waals surface area contributed by atoms with E-state index >= 15 is 0 Å². The van der Waals surface area contributed by atoms with Gasteiger partial charge in [-0.3, -0.25) is 9.69 Å². The third-order valence-electron chi connectivity index (χ3n) is 5.88. The van der Waals surface area contributed by atoms with Crippen LogP contribution in [0.3, 0.4) is 0 Å². The van der Waals surface area contributed by atoms with Gasteiger partial charge in [0.05, 0.1) is 12.1 Å². The second-order valence-electron chi connectivity index (χ2n) is 8.54. The molecule has 1 fully saturated rings. The molecule has 1 saturated carbocycles. The van der Waals surface area contributed by atoms with Crippen LogP contribution < -0.4 is 5.73 Å². The summed E-state index contributed by atoms with van der Waals surface area (Å²) >= 11 is 1.56. The molecule has 0 unspecified atom stereocenters. The highest BCUT2D eigenvalue weighted by atomic mass is 32.2. The van der Waals surface area contributed by atoms with Crippen molar-refractivity contribution < 1.29 is 26.7 Å². The van der Waals surface area contributed by atoms with Gasteiger partial charge >= 0.3 is 6.18 Å². The molecule has 0 bridgehead atoms. The number of nitrogens with zero attached hydrogens (tertiary/aromatic N) is 2. The van der Waals surface area contributed by atoms with Gasteiger partial charge < -0.3 is 5.73 Å². The lowest BCUT2D eigenvalue weighted by Crippen LogP contribution is -2.57. The predicted molar refractivity (Wildman–Crippen MR) is 120 cm³/mol. The summed E-state index contributed by atoms with van der Waals surface area (Å²) in [5, 5.41) is 9.65. The molecule has 2 atom stereocenters. The normalized spacial score (nSPS) is 17.1. The molecule has 2 aromatic rings. The van der Waals surface area contributed by atoms with Crippen molar-refractivity contribution in [1.82, 2.24) is 4.90 Å². The van der Waals surface area contributed by atoms with E-state index in [1.807, 2.05) is 36.6 Å². The van der Waals surface area contributed by atoms with E-state index in [0.717, 1.165) is 10.5 Å². The highest BCUT2D eigenvalue weighted by Crippen LogP contribution is 2.52. The van der Waals surface area contributed by atoms with Crippen LogP contribution in [0.15, 0.2) is 53.4 Å². The average molecular weight is 498 g/mol. The Bertz CT molecular complexity index is 1050. The van der Waals surface area contributed by atoms with Gasteiger partial charge in [0.1, 0.15) is 11.6 Å². The molecule has 10 heteroatoms. The zero-order valence-corrected chi connectivity index (χ0v) is 19.4. The van der Waals surface area contributed by atoms with Crippen LogP contribution in [0.1, 0.15) is 37.8 Å². The molecule has 0 saturated heterocycles. The van der Waals surface area contributed by atoms with E-state index in [-0.39, 0.29) is 18.4 Å². The number of rotatable bonds is 9. The van der Waals surface area contributed by atoms with Gasteiger partial charge in [-0.15, -0.1) is 11.8 Å². The lowest BCUT2D eigenvalue weighted by atomic mass is 9.94. The third kappa shape index (κ3) is 5.70. The van der Waals surface area contributed by atoms with Gasteiger partial charge in [0.2, 0.25) is 11.8 Å². The van der Waals surface area contributed by atoms with Crippen LogP contribution in [-0.4, -0.2) is 40.7 Å². The first kappa shape index (κ1) is 26.0. The first-order chi connectivity index (χ1) is 15.8. The quantitative estimate of drug-likeness (QED) is 0.344. The van der Waals surface area contributed by atoms with E-state index in [0.29, 0.717) is 17.4 Å². The van der Waals surface area contributed by atoms with E-state index in [1.165, 1.54) is 24.3 Å². The summed E-state index contributed by atoms with van der Waals surface area (Å²) in [6.07, 6.45) is -4.21. The number of benzene rings is 2. The highest BCUT2D eigenvalue weighted by molar-refractivity contribution is 7.98. The second kappa shape index (κ2) is 9.55. The van der Waals surface area contributed by atoms with Crippen molar-refractivity contribution in [3.05, 3.63) is 54.1 Å². The molecule has 0 spiro atoms. The first-order valence-corrected chi connectivity index (χ1v) is 11.7. The van der Waals surface area contributed by atoms with Crippen molar-refractivity contribution in [3.63, 3.8) is 0 Å². The SMILES string of the molecule is CSc1ccc(-c2ccc([C@H](N([C@@H](CC(C)(F)F)C(N)=O)C3(C#N)CC3)C(F)(F)F)cc2)cc1. The minimum Gasteiger partial charge on any atom is -0.368 e. The van der Waals surface area contributed by atoms with Crippen LogP contribution >= 0.6 is 11.8 Å². The Hall–Kier alpha value is -2.64. The summed E-state index contributed by atoms with van der Waals surface area (Å²) < 4.78 is 71.0. The van der Waals surface area contributed by atoms with Crippen LogP contribution in [-0.2, 0) is 4.79 Å². The molecule has 34 heavy (non-hydrogen) atoms. The van der Waals surface area contributed by atoms with Gasteiger partial charge in [0, 0.05) is 11.3 Å². The number of thioether (sulfide) groups is 1. The zero-order chi connectivity index (χ0) is 25.3. The fraction of sp³-hybridized carbons (Fsp3) is 0.417. The number of halogens is 5. The number of carbonyl (C=O) groups excluding carboxylic acids is 1. The third-order valence-corrected chi connectivity index (χ3v) is 6.62. The average Bonchev–Trinajstić information content (AvgIpc) is 3.56. The molecule has 0 aliphatic heterocycles. The molecule has 3 rings (SSSR count). The maximum absolute atomic E-state index is 14.4. The summed E-state index contributed by atoms with van der Waals surface area (Å²) in [6, 6.07) is 10.3. The number of primary amides is 1. The summed E-state index contributed by atoms with van der Waals surface area (Å²) in [5.41, 5.74) is 4.81. The van der Waals surface area contributed by atoms with Crippen LogP contribution in [0.5, 0.6) is 0 Å². The molecule has 2 aromatic carbocycles. The van der Waals surface area contributed by atoms with Crippen molar-refractivity contribution in [2.45, 2.75) is 60.8 Å². The maximum Gasteiger partial charge on any atom is 0.408 e. The molecule has 2 N–H and O–H groups in total. The van der Waals surface area contributed by atoms with Gasteiger partial charge in [-0.05, 0) is 54.8 Å². The van der Waals surface area contributed by atoms with Crippen molar-refractivity contribution in [2.24, 2.45) is 5.73 Å². The predicted octanol–water partition coefficient (Wildman–Crippen LogP) is 5.94. The van der Waals surface area contributed by atoms with Crippen LogP contribution in [0.4, 0.5) is 22.0 Å². The Labute approximate surface area is 198 Å². The van der Waals surface area contributed by atoms with Crippen molar-refractivity contribution in [2.75, 3.05) is 6.26 Å². The summed E-state index contributed by atoms with van der Waals surface area (Å²) in [7, 11) is 0. The van der Waals surface area contributed by atoms with E-state index in [2.05, 4.69) is 0 Å². The van der Waals surface area contributed by atoms with E-state index in [4.69, 9.17) is 5.73 Å². The lowest BCUT2D eigenvalue weighted by Gasteiger charge is -2.41. The Balaban J connectivity index is 2.07. The number of nitrogens with two attached hydrogens (primary N) is 1.